The Balaban J connectivity index is 0. The third-order valence-corrected chi connectivity index (χ3v) is 5.75. The number of aliphatic hydroxyl groups is 1. The molecule has 2 unspecified atom stereocenters. The molecule has 0 saturated heterocycles. The van der Waals surface area contributed by atoms with Gasteiger partial charge in [0.15, 0.2) is 0 Å². The first kappa shape index (κ1) is 27.1. The maximum Gasteiger partial charge on any atom is 1.00 e. The Kier molecular flexibility index (Phi) is 19.5. The number of hydrogen-bond acceptors (Lipinski definition) is 4. The van der Waals surface area contributed by atoms with Crippen molar-refractivity contribution in [2.45, 2.75) is 115 Å². The van der Waals surface area contributed by atoms with Gasteiger partial charge in [-0.25, -0.2) is 8.42 Å². The van der Waals surface area contributed by atoms with Crippen molar-refractivity contribution in [1.29, 1.82) is 0 Å². The van der Waals surface area contributed by atoms with Gasteiger partial charge in [-0.3, -0.25) is 0 Å². The van der Waals surface area contributed by atoms with Gasteiger partial charge in [-0.2, -0.15) is 0 Å². The van der Waals surface area contributed by atoms with E-state index in [-0.39, 0.29) is 35.7 Å². The Bertz CT molecular complexity index is 360. The molecular weight excluding hydrogens is 335 g/mol. The summed E-state index contributed by atoms with van der Waals surface area (Å²) < 4.78 is 32.2. The fourth-order valence-corrected chi connectivity index (χ4v) is 3.25. The maximum absolute atomic E-state index is 10.7. The number of hydrogen-bond donors (Lipinski definition) is 1. The van der Waals surface area contributed by atoms with Crippen molar-refractivity contribution >= 4 is 10.1 Å². The molecule has 6 heteroatoms. The molecule has 0 amide bonds. The van der Waals surface area contributed by atoms with Crippen LogP contribution in [-0.2, 0) is 10.1 Å². The summed E-state index contributed by atoms with van der Waals surface area (Å²) in [7, 11) is -4.10. The van der Waals surface area contributed by atoms with E-state index in [1.807, 2.05) is 0 Å². The quantitative estimate of drug-likeness (QED) is 0.254. The molecule has 0 radical (unpaired) electrons. The number of rotatable bonds is 16. The second-order valence-electron chi connectivity index (χ2n) is 6.86. The van der Waals surface area contributed by atoms with Gasteiger partial charge in [0.25, 0.3) is 0 Å². The van der Waals surface area contributed by atoms with Gasteiger partial charge < -0.3 is 9.66 Å². The summed E-state index contributed by atoms with van der Waals surface area (Å²) in [6.07, 6.45) is 14.6. The molecule has 140 valence electrons. The zero-order valence-corrected chi connectivity index (χ0v) is 19.0. The summed E-state index contributed by atoms with van der Waals surface area (Å²) in [5, 5.41) is 9.12. The van der Waals surface area contributed by atoms with Crippen LogP contribution in [0.15, 0.2) is 0 Å². The van der Waals surface area contributed by atoms with E-state index >= 15 is 0 Å². The number of unbranched alkanes of at least 4 members (excludes halogenated alkanes) is 9. The molecular formula is C18H37NaO4S. The summed E-state index contributed by atoms with van der Waals surface area (Å²) >= 11 is 0. The predicted octanol–water partition coefficient (Wildman–Crippen LogP) is 1.77. The van der Waals surface area contributed by atoms with Crippen LogP contribution in [0.4, 0.5) is 0 Å². The molecule has 0 aromatic rings. The van der Waals surface area contributed by atoms with E-state index in [0.717, 1.165) is 57.8 Å². The summed E-state index contributed by atoms with van der Waals surface area (Å²) in [5.41, 5.74) is 0. The van der Waals surface area contributed by atoms with Crippen LogP contribution in [0.5, 0.6) is 0 Å². The molecule has 0 spiro atoms. The largest absolute Gasteiger partial charge is 1.00 e. The summed E-state index contributed by atoms with van der Waals surface area (Å²) in [6.45, 7) is 3.69. The van der Waals surface area contributed by atoms with Gasteiger partial charge in [-0.15, -0.1) is 0 Å². The average molecular weight is 373 g/mol. The molecule has 2 atom stereocenters. The molecule has 0 saturated carbocycles. The van der Waals surface area contributed by atoms with E-state index in [0.29, 0.717) is 6.42 Å². The zero-order valence-electron chi connectivity index (χ0n) is 16.1. The van der Waals surface area contributed by atoms with E-state index in [1.54, 1.807) is 0 Å². The average Bonchev–Trinajstić information content (AvgIpc) is 2.48. The van der Waals surface area contributed by atoms with E-state index in [1.165, 1.54) is 32.6 Å². The Labute approximate surface area is 172 Å². The van der Waals surface area contributed by atoms with Crippen LogP contribution in [0.1, 0.15) is 104 Å². The van der Waals surface area contributed by atoms with Gasteiger partial charge in [-0.05, 0) is 26.2 Å². The smallest absolute Gasteiger partial charge is 0.748 e. The summed E-state index contributed by atoms with van der Waals surface area (Å²) in [5.74, 6) is 0. The molecule has 0 aromatic heterocycles. The standard InChI is InChI=1S/C18H38O4S.Na/c1-3-4-5-12-15-18(19)16-13-10-8-6-7-9-11-14-17(2)23(20,21)22;/h17-19H,3-16H2,1-2H3,(H,20,21,22);/q;+1/p-1. The van der Waals surface area contributed by atoms with Crippen molar-refractivity contribution in [3.8, 4) is 0 Å². The molecule has 24 heavy (non-hydrogen) atoms. The third kappa shape index (κ3) is 17.7. The minimum atomic E-state index is -4.10. The van der Waals surface area contributed by atoms with Gasteiger partial charge in [0.2, 0.25) is 0 Å². The molecule has 0 fully saturated rings. The normalized spacial score (nSPS) is 14.2. The van der Waals surface area contributed by atoms with E-state index in [2.05, 4.69) is 6.92 Å². The van der Waals surface area contributed by atoms with Crippen LogP contribution < -0.4 is 29.6 Å². The molecule has 4 nitrogen and oxygen atoms in total. The van der Waals surface area contributed by atoms with E-state index < -0.39 is 15.4 Å². The zero-order chi connectivity index (χ0) is 17.6. The first-order valence-electron chi connectivity index (χ1n) is 9.50. The molecule has 0 bridgehead atoms. The van der Waals surface area contributed by atoms with Crippen molar-refractivity contribution in [3.63, 3.8) is 0 Å². The molecule has 0 aliphatic carbocycles. The molecule has 1 N–H and O–H groups in total. The van der Waals surface area contributed by atoms with Crippen molar-refractivity contribution in [2.24, 2.45) is 0 Å². The van der Waals surface area contributed by atoms with Crippen LogP contribution in [0.2, 0.25) is 0 Å². The monoisotopic (exact) mass is 372 g/mol. The first-order chi connectivity index (χ1) is 10.9. The maximum atomic E-state index is 10.7. The van der Waals surface area contributed by atoms with E-state index in [9.17, 15) is 18.1 Å². The van der Waals surface area contributed by atoms with Gasteiger partial charge in [0, 0.05) is 5.25 Å². The number of aliphatic hydroxyl groups excluding tert-OH is 1. The van der Waals surface area contributed by atoms with Gasteiger partial charge in [0.05, 0.1) is 16.2 Å². The van der Waals surface area contributed by atoms with E-state index in [4.69, 9.17) is 0 Å². The SMILES string of the molecule is CCCCCCC(O)CCCCCCCCCC(C)S(=O)(=O)[O-].[Na+]. The first-order valence-corrected chi connectivity index (χ1v) is 11.0. The molecule has 0 heterocycles. The van der Waals surface area contributed by atoms with Gasteiger partial charge >= 0.3 is 29.6 Å². The van der Waals surface area contributed by atoms with Crippen LogP contribution in [-0.4, -0.2) is 29.4 Å². The fourth-order valence-electron chi connectivity index (χ4n) is 2.79. The second kappa shape index (κ2) is 17.3. The summed E-state index contributed by atoms with van der Waals surface area (Å²) in [4.78, 5) is 0. The Morgan fingerprint density at radius 3 is 1.58 bits per heavy atom. The van der Waals surface area contributed by atoms with Gasteiger partial charge in [-0.1, -0.05) is 77.6 Å². The minimum Gasteiger partial charge on any atom is -0.748 e. The predicted molar refractivity (Wildman–Crippen MR) is 95.5 cm³/mol. The third-order valence-electron chi connectivity index (χ3n) is 4.53. The van der Waals surface area contributed by atoms with Crippen LogP contribution in [0.25, 0.3) is 0 Å². The van der Waals surface area contributed by atoms with Crippen molar-refractivity contribution in [1.82, 2.24) is 0 Å². The van der Waals surface area contributed by atoms with Crippen LogP contribution >= 0.6 is 0 Å². The van der Waals surface area contributed by atoms with Crippen LogP contribution in [0.3, 0.4) is 0 Å². The Morgan fingerprint density at radius 2 is 1.17 bits per heavy atom. The van der Waals surface area contributed by atoms with Crippen LogP contribution in [0, 0.1) is 0 Å². The second-order valence-corrected chi connectivity index (χ2v) is 8.65. The minimum absolute atomic E-state index is 0. The fraction of sp³-hybridized carbons (Fsp3) is 1.00. The summed E-state index contributed by atoms with van der Waals surface area (Å²) in [6, 6.07) is 0. The molecule has 0 aliphatic rings. The molecule has 0 rings (SSSR count). The molecule has 0 aliphatic heterocycles. The van der Waals surface area contributed by atoms with Crippen molar-refractivity contribution in [2.75, 3.05) is 0 Å². The van der Waals surface area contributed by atoms with Gasteiger partial charge in [0.1, 0.15) is 0 Å². The van der Waals surface area contributed by atoms with Crippen molar-refractivity contribution < 1.29 is 47.6 Å². The molecule has 0 aromatic carbocycles. The topological polar surface area (TPSA) is 77.4 Å². The Hall–Kier alpha value is 0.870. The van der Waals surface area contributed by atoms with Crippen molar-refractivity contribution in [3.05, 3.63) is 0 Å². The Morgan fingerprint density at radius 1 is 0.792 bits per heavy atom.